The van der Waals surface area contributed by atoms with E-state index >= 15 is 0 Å². The van der Waals surface area contributed by atoms with Gasteiger partial charge in [0.05, 0.1) is 0 Å². The molecule has 0 saturated carbocycles. The number of benzene rings is 1. The lowest BCUT2D eigenvalue weighted by Gasteiger charge is -2.31. The number of anilines is 1. The maximum absolute atomic E-state index is 12.2. The summed E-state index contributed by atoms with van der Waals surface area (Å²) >= 11 is 2.98. The van der Waals surface area contributed by atoms with Crippen LogP contribution in [0.3, 0.4) is 0 Å². The van der Waals surface area contributed by atoms with Crippen molar-refractivity contribution in [3.63, 3.8) is 0 Å². The Kier molecular flexibility index (Phi) is 4.68. The van der Waals surface area contributed by atoms with Crippen molar-refractivity contribution in [2.75, 3.05) is 24.7 Å². The summed E-state index contributed by atoms with van der Waals surface area (Å²) in [7, 11) is 1.79. The molecule has 2 amide bonds. The van der Waals surface area contributed by atoms with Gasteiger partial charge >= 0.3 is 0 Å². The molecule has 0 aliphatic carbocycles. The molecule has 0 fully saturated rings. The predicted molar refractivity (Wildman–Crippen MR) is 93.4 cm³/mol. The van der Waals surface area contributed by atoms with Crippen molar-refractivity contribution in [2.45, 2.75) is 16.7 Å². The van der Waals surface area contributed by atoms with Crippen molar-refractivity contribution in [3.05, 3.63) is 40.9 Å². The Labute approximate surface area is 143 Å². The topological polar surface area (TPSA) is 62.3 Å². The number of nitrogens with one attached hydrogen (secondary N) is 1. The van der Waals surface area contributed by atoms with Crippen LogP contribution in [-0.2, 0) is 4.79 Å². The molecule has 1 atom stereocenters. The van der Waals surface area contributed by atoms with Crippen molar-refractivity contribution >= 4 is 40.6 Å². The van der Waals surface area contributed by atoms with Gasteiger partial charge in [-0.1, -0.05) is 30.0 Å². The molecule has 1 aromatic heterocycles. The molecule has 1 N–H and O–H groups in total. The Morgan fingerprint density at radius 3 is 3.00 bits per heavy atom. The van der Waals surface area contributed by atoms with Crippen LogP contribution >= 0.6 is 23.1 Å². The first-order valence-electron chi connectivity index (χ1n) is 7.23. The van der Waals surface area contributed by atoms with Crippen molar-refractivity contribution in [1.29, 1.82) is 0 Å². The minimum Gasteiger partial charge on any atom is -0.350 e. The lowest BCUT2D eigenvalue weighted by atomic mass is 9.89. The van der Waals surface area contributed by atoms with Gasteiger partial charge in [-0.15, -0.1) is 11.3 Å². The third kappa shape index (κ3) is 3.25. The maximum Gasteiger partial charge on any atom is 0.270 e. The summed E-state index contributed by atoms with van der Waals surface area (Å²) in [6.07, 6.45) is 2.34. The summed E-state index contributed by atoms with van der Waals surface area (Å²) in [5.74, 6) is -0.121. The highest BCUT2D eigenvalue weighted by molar-refractivity contribution is 8.00. The fraction of sp³-hybridized carbons (Fsp3) is 0.312. The number of thioether (sulfide) groups is 1. The first-order chi connectivity index (χ1) is 11.1. The number of rotatable bonds is 4. The fourth-order valence-corrected chi connectivity index (χ4v) is 3.92. The monoisotopic (exact) mass is 347 g/mol. The molecule has 2 heterocycles. The molecular weight excluding hydrogens is 330 g/mol. The van der Waals surface area contributed by atoms with Gasteiger partial charge < -0.3 is 10.2 Å². The number of thiazole rings is 1. The lowest BCUT2D eigenvalue weighted by Crippen LogP contribution is -2.37. The van der Waals surface area contributed by atoms with Crippen molar-refractivity contribution in [1.82, 2.24) is 10.3 Å². The summed E-state index contributed by atoms with van der Waals surface area (Å²) in [5, 5.41) is 4.67. The number of para-hydroxylation sites is 1. The normalized spacial score (nSPS) is 17.0. The molecule has 0 bridgehead atoms. The third-order valence-corrected chi connectivity index (χ3v) is 5.80. The highest BCUT2D eigenvalue weighted by Crippen LogP contribution is 2.34. The molecule has 120 valence electrons. The van der Waals surface area contributed by atoms with Crippen LogP contribution in [0.1, 0.15) is 28.4 Å². The zero-order valence-corrected chi connectivity index (χ0v) is 14.5. The second-order valence-electron chi connectivity index (χ2n) is 5.33. The van der Waals surface area contributed by atoms with Crippen molar-refractivity contribution in [3.8, 4) is 0 Å². The van der Waals surface area contributed by atoms with Crippen molar-refractivity contribution in [2.24, 2.45) is 0 Å². The first kappa shape index (κ1) is 16.0. The minimum absolute atomic E-state index is 0.00231. The van der Waals surface area contributed by atoms with E-state index in [4.69, 9.17) is 0 Å². The van der Waals surface area contributed by atoms with Gasteiger partial charge in [-0.05, 0) is 17.9 Å². The largest absolute Gasteiger partial charge is 0.350 e. The van der Waals surface area contributed by atoms with E-state index in [-0.39, 0.29) is 17.7 Å². The summed E-state index contributed by atoms with van der Waals surface area (Å²) in [6, 6.07) is 7.83. The van der Waals surface area contributed by atoms with Gasteiger partial charge in [-0.25, -0.2) is 4.98 Å². The molecule has 0 radical (unpaired) electrons. The van der Waals surface area contributed by atoms with Gasteiger partial charge in [-0.3, -0.25) is 9.59 Å². The molecule has 0 spiro atoms. The van der Waals surface area contributed by atoms with Gasteiger partial charge in [0.2, 0.25) is 5.91 Å². The molecule has 3 rings (SSSR count). The summed E-state index contributed by atoms with van der Waals surface area (Å²) in [5.41, 5.74) is 2.45. The van der Waals surface area contributed by atoms with Crippen molar-refractivity contribution < 1.29 is 9.59 Å². The average Bonchev–Trinajstić information content (AvgIpc) is 3.06. The number of nitrogens with zero attached hydrogens (tertiary/aromatic N) is 2. The number of hydrogen-bond acceptors (Lipinski definition) is 5. The SMILES string of the molecule is CSc1nc(C(=O)NCC2CC(=O)N(C)c3ccccc32)cs1. The number of aromatic nitrogens is 1. The molecule has 1 aliphatic heterocycles. The number of hydrogen-bond donors (Lipinski definition) is 1. The fourth-order valence-electron chi connectivity index (χ4n) is 2.67. The van der Waals surface area contributed by atoms with Gasteiger partial charge in [-0.2, -0.15) is 0 Å². The molecule has 5 nitrogen and oxygen atoms in total. The summed E-state index contributed by atoms with van der Waals surface area (Å²) < 4.78 is 0.870. The minimum atomic E-state index is -0.189. The molecule has 1 aliphatic rings. The quantitative estimate of drug-likeness (QED) is 0.864. The standard InChI is InChI=1S/C16H17N3O2S2/c1-19-13-6-4-3-5-11(13)10(7-14(19)20)8-17-15(21)12-9-23-16(18-12)22-2/h3-6,9-10H,7-8H2,1-2H3,(H,17,21). The van der Waals surface area contributed by atoms with Crippen LogP contribution in [-0.4, -0.2) is 36.6 Å². The lowest BCUT2D eigenvalue weighted by molar-refractivity contribution is -0.119. The predicted octanol–water partition coefficient (Wildman–Crippen LogP) is 2.75. The number of amides is 2. The van der Waals surface area contributed by atoms with Gasteiger partial charge in [0, 0.05) is 37.0 Å². The summed E-state index contributed by atoms with van der Waals surface area (Å²) in [4.78, 5) is 30.3. The van der Waals surface area contributed by atoms with Crippen LogP contribution < -0.4 is 10.2 Å². The van der Waals surface area contributed by atoms with E-state index in [9.17, 15) is 9.59 Å². The Balaban J connectivity index is 1.72. The molecule has 7 heteroatoms. The second kappa shape index (κ2) is 6.72. The average molecular weight is 347 g/mol. The van der Waals surface area contributed by atoms with Gasteiger partial charge in [0.25, 0.3) is 5.91 Å². The Morgan fingerprint density at radius 2 is 2.26 bits per heavy atom. The molecule has 0 saturated heterocycles. The van der Waals surface area contributed by atoms with Crippen LogP contribution in [0.5, 0.6) is 0 Å². The summed E-state index contributed by atoms with van der Waals surface area (Å²) in [6.45, 7) is 0.432. The molecular formula is C16H17N3O2S2. The number of carbonyl (C=O) groups excluding carboxylic acids is 2. The van der Waals surface area contributed by atoms with E-state index in [0.717, 1.165) is 15.6 Å². The van der Waals surface area contributed by atoms with Crippen LogP contribution in [0.4, 0.5) is 5.69 Å². The highest BCUT2D eigenvalue weighted by atomic mass is 32.2. The smallest absolute Gasteiger partial charge is 0.270 e. The molecule has 23 heavy (non-hydrogen) atoms. The third-order valence-electron chi connectivity index (χ3n) is 3.93. The van der Waals surface area contributed by atoms with E-state index in [1.807, 2.05) is 30.5 Å². The maximum atomic E-state index is 12.2. The Morgan fingerprint density at radius 1 is 1.48 bits per heavy atom. The molecule has 2 aromatic rings. The zero-order valence-electron chi connectivity index (χ0n) is 12.9. The zero-order chi connectivity index (χ0) is 16.4. The van der Waals surface area contributed by atoms with Gasteiger partial charge in [0.1, 0.15) is 10.0 Å². The van der Waals surface area contributed by atoms with Crippen LogP contribution in [0, 0.1) is 0 Å². The van der Waals surface area contributed by atoms with Crippen LogP contribution in [0.2, 0.25) is 0 Å². The van der Waals surface area contributed by atoms with E-state index < -0.39 is 0 Å². The highest BCUT2D eigenvalue weighted by Gasteiger charge is 2.29. The first-order valence-corrected chi connectivity index (χ1v) is 9.33. The van der Waals surface area contributed by atoms with E-state index in [2.05, 4.69) is 10.3 Å². The van der Waals surface area contributed by atoms with E-state index in [1.165, 1.54) is 23.1 Å². The number of carbonyl (C=O) groups is 2. The van der Waals surface area contributed by atoms with Crippen LogP contribution in [0.25, 0.3) is 0 Å². The molecule has 1 aromatic carbocycles. The Hall–Kier alpha value is -1.86. The number of fused-ring (bicyclic) bond motifs is 1. The van der Waals surface area contributed by atoms with E-state index in [0.29, 0.717) is 18.7 Å². The van der Waals surface area contributed by atoms with Crippen LogP contribution in [0.15, 0.2) is 34.0 Å². The Bertz CT molecular complexity index is 744. The van der Waals surface area contributed by atoms with Gasteiger partial charge in [0.15, 0.2) is 0 Å². The molecule has 1 unspecified atom stereocenters. The van der Waals surface area contributed by atoms with E-state index in [1.54, 1.807) is 17.3 Å². The second-order valence-corrected chi connectivity index (χ2v) is 7.24.